The van der Waals surface area contributed by atoms with E-state index >= 15 is 0 Å². The standard InChI is InChI=1S/C17H19ClN2O3S/c1-23-13-6-8-15(18)17(10-13)24(21,22)20-16-4-2-3-11-9-12(19)5-7-14(11)16/h5-10,16,20H,2-4,19H2,1H3. The zero-order valence-electron chi connectivity index (χ0n) is 13.3. The minimum atomic E-state index is -3.77. The van der Waals surface area contributed by atoms with Crippen LogP contribution in [-0.2, 0) is 16.4 Å². The van der Waals surface area contributed by atoms with Crippen LogP contribution >= 0.6 is 11.6 Å². The van der Waals surface area contributed by atoms with Crippen molar-refractivity contribution in [2.24, 2.45) is 0 Å². The van der Waals surface area contributed by atoms with E-state index in [-0.39, 0.29) is 16.0 Å². The highest BCUT2D eigenvalue weighted by molar-refractivity contribution is 7.89. The Morgan fingerprint density at radius 1 is 1.25 bits per heavy atom. The van der Waals surface area contributed by atoms with Gasteiger partial charge in [-0.3, -0.25) is 0 Å². The fourth-order valence-corrected chi connectivity index (χ4v) is 4.79. The van der Waals surface area contributed by atoms with Crippen molar-refractivity contribution in [2.45, 2.75) is 30.2 Å². The molecular formula is C17H19ClN2O3S. The summed E-state index contributed by atoms with van der Waals surface area (Å²) in [6, 6.07) is 9.88. The number of methoxy groups -OCH3 is 1. The molecule has 0 heterocycles. The molecule has 3 N–H and O–H groups in total. The number of aryl methyl sites for hydroxylation is 1. The number of ether oxygens (including phenoxy) is 1. The summed E-state index contributed by atoms with van der Waals surface area (Å²) in [6.07, 6.45) is 2.53. The maximum atomic E-state index is 12.8. The molecule has 0 fully saturated rings. The SMILES string of the molecule is COc1ccc(Cl)c(S(=O)(=O)NC2CCCc3cc(N)ccc32)c1. The minimum Gasteiger partial charge on any atom is -0.497 e. The highest BCUT2D eigenvalue weighted by Gasteiger charge is 2.27. The van der Waals surface area contributed by atoms with Crippen LogP contribution < -0.4 is 15.2 Å². The number of sulfonamides is 1. The van der Waals surface area contributed by atoms with E-state index in [2.05, 4.69) is 4.72 Å². The van der Waals surface area contributed by atoms with E-state index in [4.69, 9.17) is 22.1 Å². The van der Waals surface area contributed by atoms with Crippen LogP contribution in [0, 0.1) is 0 Å². The fraction of sp³-hybridized carbons (Fsp3) is 0.294. The van der Waals surface area contributed by atoms with Gasteiger partial charge in [0.05, 0.1) is 12.1 Å². The fourth-order valence-electron chi connectivity index (χ4n) is 3.02. The molecule has 7 heteroatoms. The summed E-state index contributed by atoms with van der Waals surface area (Å²) in [7, 11) is -2.29. The Morgan fingerprint density at radius 3 is 2.79 bits per heavy atom. The normalized spacial score (nSPS) is 17.3. The van der Waals surface area contributed by atoms with Crippen molar-refractivity contribution in [3.05, 3.63) is 52.5 Å². The van der Waals surface area contributed by atoms with Crippen LogP contribution in [0.2, 0.25) is 5.02 Å². The van der Waals surface area contributed by atoms with Crippen molar-refractivity contribution in [3.8, 4) is 5.75 Å². The molecular weight excluding hydrogens is 348 g/mol. The number of rotatable bonds is 4. The highest BCUT2D eigenvalue weighted by atomic mass is 35.5. The summed E-state index contributed by atoms with van der Waals surface area (Å²) in [6.45, 7) is 0. The topological polar surface area (TPSA) is 81.4 Å². The minimum absolute atomic E-state index is 0.0195. The van der Waals surface area contributed by atoms with Crippen LogP contribution in [0.5, 0.6) is 5.75 Å². The first-order chi connectivity index (χ1) is 11.4. The Bertz CT molecular complexity index is 868. The Balaban J connectivity index is 1.94. The second-order valence-corrected chi connectivity index (χ2v) is 7.91. The molecule has 0 amide bonds. The predicted octanol–water partition coefficient (Wildman–Crippen LogP) is 3.29. The first-order valence-electron chi connectivity index (χ1n) is 7.65. The highest BCUT2D eigenvalue weighted by Crippen LogP contribution is 2.33. The summed E-state index contributed by atoms with van der Waals surface area (Å²) < 4.78 is 33.5. The molecule has 1 aliphatic carbocycles. The van der Waals surface area contributed by atoms with Gasteiger partial charge in [-0.25, -0.2) is 13.1 Å². The molecule has 0 saturated carbocycles. The van der Waals surface area contributed by atoms with E-state index < -0.39 is 10.0 Å². The molecule has 0 radical (unpaired) electrons. The Hall–Kier alpha value is -1.76. The lowest BCUT2D eigenvalue weighted by Crippen LogP contribution is -2.31. The maximum absolute atomic E-state index is 12.8. The van der Waals surface area contributed by atoms with Gasteiger partial charge >= 0.3 is 0 Å². The first kappa shape index (κ1) is 17.1. The van der Waals surface area contributed by atoms with E-state index in [0.29, 0.717) is 11.4 Å². The van der Waals surface area contributed by atoms with Crippen LogP contribution in [0.1, 0.15) is 30.0 Å². The second-order valence-electron chi connectivity index (χ2n) is 5.82. The molecule has 2 aromatic rings. The van der Waals surface area contributed by atoms with E-state index in [1.54, 1.807) is 12.1 Å². The molecule has 2 aromatic carbocycles. The van der Waals surface area contributed by atoms with Crippen LogP contribution in [-0.4, -0.2) is 15.5 Å². The first-order valence-corrected chi connectivity index (χ1v) is 9.51. The van der Waals surface area contributed by atoms with Crippen molar-refractivity contribution >= 4 is 27.3 Å². The van der Waals surface area contributed by atoms with Crippen molar-refractivity contribution in [1.82, 2.24) is 4.72 Å². The molecule has 0 aromatic heterocycles. The molecule has 0 bridgehead atoms. The Labute approximate surface area is 146 Å². The molecule has 0 spiro atoms. The number of halogens is 1. The van der Waals surface area contributed by atoms with Gasteiger partial charge in [0, 0.05) is 17.8 Å². The van der Waals surface area contributed by atoms with Crippen molar-refractivity contribution in [2.75, 3.05) is 12.8 Å². The third kappa shape index (κ3) is 3.36. The number of hydrogen-bond donors (Lipinski definition) is 2. The largest absolute Gasteiger partial charge is 0.497 e. The molecule has 1 unspecified atom stereocenters. The van der Waals surface area contributed by atoms with Gasteiger partial charge in [0.2, 0.25) is 10.0 Å². The molecule has 1 aliphatic rings. The number of nitrogens with two attached hydrogens (primary N) is 1. The van der Waals surface area contributed by atoms with E-state index in [0.717, 1.165) is 30.4 Å². The van der Waals surface area contributed by atoms with E-state index in [1.165, 1.54) is 19.2 Å². The second kappa shape index (κ2) is 6.63. The molecule has 3 rings (SSSR count). The van der Waals surface area contributed by atoms with Gasteiger partial charge in [-0.2, -0.15) is 0 Å². The Kier molecular flexibility index (Phi) is 4.71. The quantitative estimate of drug-likeness (QED) is 0.813. The van der Waals surface area contributed by atoms with Gasteiger partial charge in [0.1, 0.15) is 10.6 Å². The lowest BCUT2D eigenvalue weighted by molar-refractivity contribution is 0.413. The van der Waals surface area contributed by atoms with Crippen LogP contribution in [0.15, 0.2) is 41.3 Å². The summed E-state index contributed by atoms with van der Waals surface area (Å²) in [5.41, 5.74) is 8.57. The van der Waals surface area contributed by atoms with Gasteiger partial charge in [-0.05, 0) is 54.7 Å². The Morgan fingerprint density at radius 2 is 2.04 bits per heavy atom. The summed E-state index contributed by atoms with van der Waals surface area (Å²) >= 11 is 6.09. The smallest absolute Gasteiger partial charge is 0.242 e. The van der Waals surface area contributed by atoms with Gasteiger partial charge < -0.3 is 10.5 Å². The van der Waals surface area contributed by atoms with Crippen molar-refractivity contribution in [1.29, 1.82) is 0 Å². The zero-order valence-corrected chi connectivity index (χ0v) is 14.8. The third-order valence-electron chi connectivity index (χ3n) is 4.21. The number of nitrogen functional groups attached to an aromatic ring is 1. The predicted molar refractivity (Wildman–Crippen MR) is 94.9 cm³/mol. The van der Waals surface area contributed by atoms with Crippen molar-refractivity contribution < 1.29 is 13.2 Å². The average Bonchev–Trinajstić information content (AvgIpc) is 2.54. The van der Waals surface area contributed by atoms with Gasteiger partial charge in [0.15, 0.2) is 0 Å². The number of hydrogen-bond acceptors (Lipinski definition) is 4. The molecule has 128 valence electrons. The molecule has 0 saturated heterocycles. The van der Waals surface area contributed by atoms with E-state index in [9.17, 15) is 8.42 Å². The molecule has 5 nitrogen and oxygen atoms in total. The van der Waals surface area contributed by atoms with Gasteiger partial charge in [0.25, 0.3) is 0 Å². The molecule has 1 atom stereocenters. The average molecular weight is 367 g/mol. The molecule has 0 aliphatic heterocycles. The van der Waals surface area contributed by atoms with Crippen LogP contribution in [0.4, 0.5) is 5.69 Å². The number of benzene rings is 2. The number of fused-ring (bicyclic) bond motifs is 1. The zero-order chi connectivity index (χ0) is 17.3. The monoisotopic (exact) mass is 366 g/mol. The molecule has 24 heavy (non-hydrogen) atoms. The number of anilines is 1. The maximum Gasteiger partial charge on any atom is 0.242 e. The summed E-state index contributed by atoms with van der Waals surface area (Å²) in [5, 5.41) is 0.164. The lowest BCUT2D eigenvalue weighted by atomic mass is 9.88. The van der Waals surface area contributed by atoms with Gasteiger partial charge in [-0.15, -0.1) is 0 Å². The van der Waals surface area contributed by atoms with Crippen LogP contribution in [0.25, 0.3) is 0 Å². The summed E-state index contributed by atoms with van der Waals surface area (Å²) in [5.74, 6) is 0.441. The summed E-state index contributed by atoms with van der Waals surface area (Å²) in [4.78, 5) is 0.0195. The third-order valence-corrected chi connectivity index (χ3v) is 6.16. The van der Waals surface area contributed by atoms with Gasteiger partial charge in [-0.1, -0.05) is 17.7 Å². The lowest BCUT2D eigenvalue weighted by Gasteiger charge is -2.26. The van der Waals surface area contributed by atoms with Crippen LogP contribution in [0.3, 0.4) is 0 Å². The van der Waals surface area contributed by atoms with Crippen molar-refractivity contribution in [3.63, 3.8) is 0 Å². The number of nitrogens with one attached hydrogen (secondary N) is 1. The van der Waals surface area contributed by atoms with E-state index in [1.807, 2.05) is 12.1 Å².